The van der Waals surface area contributed by atoms with Crippen molar-refractivity contribution < 1.29 is 18.4 Å². The van der Waals surface area contributed by atoms with Gasteiger partial charge in [-0.2, -0.15) is 5.10 Å². The van der Waals surface area contributed by atoms with Gasteiger partial charge in [0.15, 0.2) is 0 Å². The van der Waals surface area contributed by atoms with Crippen LogP contribution in [-0.2, 0) is 9.59 Å². The van der Waals surface area contributed by atoms with Crippen molar-refractivity contribution >= 4 is 23.2 Å². The molecule has 0 radical (unpaired) electrons. The van der Waals surface area contributed by atoms with Gasteiger partial charge < -0.3 is 10.6 Å². The van der Waals surface area contributed by atoms with Gasteiger partial charge in [-0.25, -0.2) is 13.5 Å². The SMILES string of the molecule is CCC(=O)Nc1cc(-c2ccc(=O)n([C@@H](C)C(=O)Nc3cc(F)cc(F)c3)n2)ccc1C. The van der Waals surface area contributed by atoms with Gasteiger partial charge in [-0.15, -0.1) is 0 Å². The lowest BCUT2D eigenvalue weighted by Crippen LogP contribution is -2.33. The van der Waals surface area contributed by atoms with E-state index >= 15 is 0 Å². The number of amides is 2. The van der Waals surface area contributed by atoms with E-state index in [1.165, 1.54) is 19.1 Å². The van der Waals surface area contributed by atoms with Gasteiger partial charge in [0.05, 0.1) is 5.69 Å². The molecule has 0 bridgehead atoms. The highest BCUT2D eigenvalue weighted by Crippen LogP contribution is 2.24. The number of nitrogens with zero attached hydrogens (tertiary/aromatic N) is 2. The highest BCUT2D eigenvalue weighted by molar-refractivity contribution is 5.93. The summed E-state index contributed by atoms with van der Waals surface area (Å²) < 4.78 is 27.8. The van der Waals surface area contributed by atoms with E-state index in [9.17, 15) is 23.2 Å². The van der Waals surface area contributed by atoms with Crippen molar-refractivity contribution in [1.29, 1.82) is 0 Å². The van der Waals surface area contributed by atoms with E-state index in [1.54, 1.807) is 19.1 Å². The van der Waals surface area contributed by atoms with Crippen LogP contribution in [0.5, 0.6) is 0 Å². The number of aryl methyl sites for hydroxylation is 1. The fraction of sp³-hybridized carbons (Fsp3) is 0.217. The summed E-state index contributed by atoms with van der Waals surface area (Å²) in [4.78, 5) is 36.7. The molecule has 0 aliphatic heterocycles. The van der Waals surface area contributed by atoms with E-state index < -0.39 is 29.1 Å². The first-order valence-corrected chi connectivity index (χ1v) is 9.95. The predicted octanol–water partition coefficient (Wildman–Crippen LogP) is 4.05. The topological polar surface area (TPSA) is 93.1 Å². The van der Waals surface area contributed by atoms with Crippen molar-refractivity contribution in [1.82, 2.24) is 9.78 Å². The number of nitrogens with one attached hydrogen (secondary N) is 2. The molecule has 166 valence electrons. The van der Waals surface area contributed by atoms with Gasteiger partial charge in [0, 0.05) is 35.5 Å². The molecule has 0 aliphatic carbocycles. The summed E-state index contributed by atoms with van der Waals surface area (Å²) in [5.41, 5.74) is 1.93. The third kappa shape index (κ3) is 5.23. The lowest BCUT2D eigenvalue weighted by molar-refractivity contribution is -0.119. The maximum Gasteiger partial charge on any atom is 0.267 e. The van der Waals surface area contributed by atoms with Crippen LogP contribution in [0.15, 0.2) is 53.3 Å². The molecule has 9 heteroatoms. The van der Waals surface area contributed by atoms with Crippen molar-refractivity contribution in [3.05, 3.63) is 76.1 Å². The van der Waals surface area contributed by atoms with Gasteiger partial charge in [0.1, 0.15) is 17.7 Å². The molecule has 0 saturated heterocycles. The third-order valence-electron chi connectivity index (χ3n) is 4.83. The number of halogens is 2. The quantitative estimate of drug-likeness (QED) is 0.605. The fourth-order valence-electron chi connectivity index (χ4n) is 3.00. The molecule has 3 rings (SSSR count). The van der Waals surface area contributed by atoms with Gasteiger partial charge in [0.2, 0.25) is 11.8 Å². The number of hydrogen-bond donors (Lipinski definition) is 2. The van der Waals surface area contributed by atoms with Gasteiger partial charge in [0.25, 0.3) is 5.56 Å². The van der Waals surface area contributed by atoms with Crippen LogP contribution in [0.3, 0.4) is 0 Å². The van der Waals surface area contributed by atoms with Crippen molar-refractivity contribution in [2.75, 3.05) is 10.6 Å². The zero-order chi connectivity index (χ0) is 23.4. The minimum Gasteiger partial charge on any atom is -0.326 e. The minimum absolute atomic E-state index is 0.0709. The summed E-state index contributed by atoms with van der Waals surface area (Å²) in [6, 6.07) is 9.70. The summed E-state index contributed by atoms with van der Waals surface area (Å²) in [7, 11) is 0. The zero-order valence-electron chi connectivity index (χ0n) is 17.8. The van der Waals surface area contributed by atoms with E-state index in [-0.39, 0.29) is 11.6 Å². The minimum atomic E-state index is -1.06. The van der Waals surface area contributed by atoms with Gasteiger partial charge >= 0.3 is 0 Å². The first-order chi connectivity index (χ1) is 15.2. The third-order valence-corrected chi connectivity index (χ3v) is 4.83. The summed E-state index contributed by atoms with van der Waals surface area (Å²) >= 11 is 0. The van der Waals surface area contributed by atoms with E-state index in [4.69, 9.17) is 0 Å². The number of carbonyl (C=O) groups excluding carboxylic acids is 2. The molecule has 1 heterocycles. The Bertz CT molecular complexity index is 1220. The number of rotatable bonds is 6. The number of carbonyl (C=O) groups is 2. The normalized spacial score (nSPS) is 11.7. The Labute approximate surface area is 183 Å². The molecule has 3 aromatic rings. The van der Waals surface area contributed by atoms with Crippen molar-refractivity contribution in [2.24, 2.45) is 0 Å². The highest BCUT2D eigenvalue weighted by Gasteiger charge is 2.19. The summed E-state index contributed by atoms with van der Waals surface area (Å²) in [6.45, 7) is 5.05. The van der Waals surface area contributed by atoms with Crippen molar-refractivity contribution in [3.63, 3.8) is 0 Å². The maximum atomic E-state index is 13.4. The standard InChI is InChI=1S/C23H22F2N4O3/c1-4-21(30)27-20-9-15(6-5-13(20)2)19-7-8-22(31)29(28-19)14(3)23(32)26-18-11-16(24)10-17(25)12-18/h5-12,14H,4H2,1-3H3,(H,26,32)(H,27,30)/t14-/m0/s1. The monoisotopic (exact) mass is 440 g/mol. The lowest BCUT2D eigenvalue weighted by Gasteiger charge is -2.16. The number of benzene rings is 2. The van der Waals surface area contributed by atoms with Crippen LogP contribution < -0.4 is 16.2 Å². The van der Waals surface area contributed by atoms with Gasteiger partial charge in [-0.1, -0.05) is 19.1 Å². The Morgan fingerprint density at radius 1 is 1.03 bits per heavy atom. The molecule has 0 aliphatic rings. The second kappa shape index (κ2) is 9.51. The molecule has 0 spiro atoms. The Balaban J connectivity index is 1.90. The maximum absolute atomic E-state index is 13.4. The van der Waals surface area contributed by atoms with Crippen LogP contribution in [0.2, 0.25) is 0 Å². The summed E-state index contributed by atoms with van der Waals surface area (Å²) in [5, 5.41) is 9.49. The van der Waals surface area contributed by atoms with Crippen LogP contribution in [0.25, 0.3) is 11.3 Å². The second-order valence-electron chi connectivity index (χ2n) is 7.26. The molecule has 0 saturated carbocycles. The average Bonchev–Trinajstić information content (AvgIpc) is 2.74. The summed E-state index contributed by atoms with van der Waals surface area (Å²) in [5.74, 6) is -2.48. The van der Waals surface area contributed by atoms with Crippen molar-refractivity contribution in [2.45, 2.75) is 33.2 Å². The van der Waals surface area contributed by atoms with E-state index in [2.05, 4.69) is 15.7 Å². The van der Waals surface area contributed by atoms with Gasteiger partial charge in [-0.05, 0) is 43.7 Å². The van der Waals surface area contributed by atoms with E-state index in [1.807, 2.05) is 13.0 Å². The molecule has 0 fully saturated rings. The second-order valence-corrected chi connectivity index (χ2v) is 7.26. The molecule has 1 atom stereocenters. The van der Waals surface area contributed by atoms with Crippen LogP contribution in [0.1, 0.15) is 31.9 Å². The Morgan fingerprint density at radius 2 is 1.72 bits per heavy atom. The smallest absolute Gasteiger partial charge is 0.267 e. The molecular weight excluding hydrogens is 418 g/mol. The molecule has 0 unspecified atom stereocenters. The fourth-order valence-corrected chi connectivity index (χ4v) is 3.00. The largest absolute Gasteiger partial charge is 0.326 e. The number of anilines is 2. The molecule has 2 aromatic carbocycles. The summed E-state index contributed by atoms with van der Waals surface area (Å²) in [6.07, 6.45) is 0.328. The van der Waals surface area contributed by atoms with Crippen LogP contribution in [0, 0.1) is 18.6 Å². The molecule has 1 aromatic heterocycles. The molecule has 32 heavy (non-hydrogen) atoms. The predicted molar refractivity (Wildman–Crippen MR) is 117 cm³/mol. The van der Waals surface area contributed by atoms with E-state index in [0.29, 0.717) is 29.4 Å². The first-order valence-electron chi connectivity index (χ1n) is 9.95. The van der Waals surface area contributed by atoms with Crippen LogP contribution in [0.4, 0.5) is 20.2 Å². The first kappa shape index (κ1) is 22.8. The average molecular weight is 440 g/mol. The molecule has 2 N–H and O–H groups in total. The zero-order valence-corrected chi connectivity index (χ0v) is 17.8. The Kier molecular flexibility index (Phi) is 6.77. The number of aromatic nitrogens is 2. The van der Waals surface area contributed by atoms with Gasteiger partial charge in [-0.3, -0.25) is 14.4 Å². The highest BCUT2D eigenvalue weighted by atomic mass is 19.1. The Hall–Kier alpha value is -3.88. The molecule has 7 nitrogen and oxygen atoms in total. The van der Waals surface area contributed by atoms with Crippen LogP contribution >= 0.6 is 0 Å². The molecular formula is C23H22F2N4O3. The van der Waals surface area contributed by atoms with Crippen molar-refractivity contribution in [3.8, 4) is 11.3 Å². The molecule has 2 amide bonds. The van der Waals surface area contributed by atoms with Crippen LogP contribution in [-0.4, -0.2) is 21.6 Å². The lowest BCUT2D eigenvalue weighted by atomic mass is 10.1. The Morgan fingerprint density at radius 3 is 2.38 bits per heavy atom. The van der Waals surface area contributed by atoms with E-state index in [0.717, 1.165) is 22.4 Å². The number of hydrogen-bond acceptors (Lipinski definition) is 4.